The van der Waals surface area contributed by atoms with Crippen molar-refractivity contribution in [3.63, 3.8) is 0 Å². The van der Waals surface area contributed by atoms with Gasteiger partial charge in [-0.1, -0.05) is 6.07 Å². The van der Waals surface area contributed by atoms with Gasteiger partial charge in [0.2, 0.25) is 0 Å². The maximum Gasteiger partial charge on any atom is 0.151 e. The van der Waals surface area contributed by atoms with E-state index >= 15 is 0 Å². The fraction of sp³-hybridized carbons (Fsp3) is 0.615. The van der Waals surface area contributed by atoms with Gasteiger partial charge in [-0.15, -0.1) is 11.3 Å². The van der Waals surface area contributed by atoms with Gasteiger partial charge in [0.1, 0.15) is 0 Å². The number of thiophene rings is 1. The molecule has 4 heteroatoms. The third-order valence-corrected chi connectivity index (χ3v) is 4.36. The first-order chi connectivity index (χ1) is 8.16. The number of ketones is 1. The summed E-state index contributed by atoms with van der Waals surface area (Å²) in [6.07, 6.45) is 1.56. The van der Waals surface area contributed by atoms with Gasteiger partial charge in [-0.3, -0.25) is 9.69 Å². The summed E-state index contributed by atoms with van der Waals surface area (Å²) in [5, 5.41) is 2.07. The number of rotatable bonds is 4. The van der Waals surface area contributed by atoms with Crippen molar-refractivity contribution in [2.45, 2.75) is 18.9 Å². The van der Waals surface area contributed by atoms with Crippen LogP contribution in [0.15, 0.2) is 17.5 Å². The summed E-state index contributed by atoms with van der Waals surface area (Å²) >= 11 is 1.74. The lowest BCUT2D eigenvalue weighted by molar-refractivity contribution is -0.125. The molecule has 17 heavy (non-hydrogen) atoms. The number of Topliss-reactive ketones (excluding diaryl/α,β-unsaturated/α-hetero) is 1. The smallest absolute Gasteiger partial charge is 0.151 e. The zero-order valence-corrected chi connectivity index (χ0v) is 11.4. The molecule has 1 atom stereocenters. The van der Waals surface area contributed by atoms with E-state index in [2.05, 4.69) is 35.3 Å². The number of carbonyl (C=O) groups is 1. The Morgan fingerprint density at radius 3 is 3.00 bits per heavy atom. The third kappa shape index (κ3) is 3.37. The van der Waals surface area contributed by atoms with E-state index in [0.29, 0.717) is 12.2 Å². The van der Waals surface area contributed by atoms with Crippen molar-refractivity contribution in [2.24, 2.45) is 0 Å². The molecule has 94 valence electrons. The lowest BCUT2D eigenvalue weighted by Gasteiger charge is -2.36. The topological polar surface area (TPSA) is 23.6 Å². The molecule has 0 aromatic carbocycles. The van der Waals surface area contributed by atoms with E-state index < -0.39 is 0 Å². The molecule has 1 aliphatic rings. The average molecular weight is 252 g/mol. The second-order valence-electron chi connectivity index (χ2n) is 4.80. The van der Waals surface area contributed by atoms with Crippen LogP contribution in [-0.2, 0) is 11.2 Å². The first-order valence-corrected chi connectivity index (χ1v) is 6.98. The normalized spacial score (nSPS) is 22.8. The van der Waals surface area contributed by atoms with Crippen LogP contribution in [0.3, 0.4) is 0 Å². The lowest BCUT2D eigenvalue weighted by Crippen LogP contribution is -2.53. The van der Waals surface area contributed by atoms with E-state index in [4.69, 9.17) is 0 Å². The van der Waals surface area contributed by atoms with E-state index in [-0.39, 0.29) is 6.04 Å². The number of hydrogen-bond donors (Lipinski definition) is 0. The lowest BCUT2D eigenvalue weighted by atomic mass is 10.0. The summed E-state index contributed by atoms with van der Waals surface area (Å²) in [7, 11) is 4.15. The highest BCUT2D eigenvalue weighted by Gasteiger charge is 2.27. The van der Waals surface area contributed by atoms with Crippen molar-refractivity contribution in [3.05, 3.63) is 22.4 Å². The number of nitrogens with zero attached hydrogens (tertiary/aromatic N) is 2. The number of likely N-dealkylation sites (N-methyl/N-ethyl adjacent to an activating group) is 2. The van der Waals surface area contributed by atoms with E-state index in [1.807, 2.05) is 6.07 Å². The summed E-state index contributed by atoms with van der Waals surface area (Å²) in [5.74, 6) is 0.382. The minimum atomic E-state index is 0.0914. The monoisotopic (exact) mass is 252 g/mol. The van der Waals surface area contributed by atoms with Crippen LogP contribution in [0, 0.1) is 0 Å². The molecular weight excluding hydrogens is 232 g/mol. The van der Waals surface area contributed by atoms with Gasteiger partial charge in [-0.2, -0.15) is 0 Å². The molecule has 0 radical (unpaired) electrons. The predicted octanol–water partition coefficient (Wildman–Crippen LogP) is 1.50. The summed E-state index contributed by atoms with van der Waals surface area (Å²) in [6, 6.07) is 4.24. The fourth-order valence-electron chi connectivity index (χ4n) is 2.23. The maximum atomic E-state index is 12.2. The molecule has 0 aliphatic carbocycles. The van der Waals surface area contributed by atoms with Crippen LogP contribution in [0.5, 0.6) is 0 Å². The fourth-order valence-corrected chi connectivity index (χ4v) is 2.93. The van der Waals surface area contributed by atoms with Gasteiger partial charge in [0.05, 0.1) is 6.04 Å². The molecule has 1 fully saturated rings. The largest absolute Gasteiger partial charge is 0.303 e. The molecule has 0 saturated carbocycles. The van der Waals surface area contributed by atoms with Crippen LogP contribution in [0.2, 0.25) is 0 Å². The Hall–Kier alpha value is -0.710. The Morgan fingerprint density at radius 1 is 1.47 bits per heavy atom. The van der Waals surface area contributed by atoms with Gasteiger partial charge < -0.3 is 4.90 Å². The van der Waals surface area contributed by atoms with Crippen LogP contribution >= 0.6 is 11.3 Å². The van der Waals surface area contributed by atoms with E-state index in [0.717, 1.165) is 26.1 Å². The third-order valence-electron chi connectivity index (χ3n) is 3.42. The van der Waals surface area contributed by atoms with E-state index in [1.54, 1.807) is 11.3 Å². The molecule has 1 aromatic rings. The zero-order chi connectivity index (χ0) is 12.3. The highest BCUT2D eigenvalue weighted by Crippen LogP contribution is 2.14. The summed E-state index contributed by atoms with van der Waals surface area (Å²) < 4.78 is 0. The second-order valence-corrected chi connectivity index (χ2v) is 5.84. The van der Waals surface area contributed by atoms with Gasteiger partial charge in [-0.25, -0.2) is 0 Å². The van der Waals surface area contributed by atoms with Crippen LogP contribution < -0.4 is 0 Å². The van der Waals surface area contributed by atoms with E-state index in [9.17, 15) is 4.79 Å². The Kier molecular flexibility index (Phi) is 4.31. The molecular formula is C13H20N2OS. The molecule has 2 heterocycles. The zero-order valence-electron chi connectivity index (χ0n) is 10.6. The molecule has 1 aromatic heterocycles. The van der Waals surface area contributed by atoms with Crippen molar-refractivity contribution < 1.29 is 4.79 Å². The van der Waals surface area contributed by atoms with Crippen molar-refractivity contribution in [2.75, 3.05) is 33.7 Å². The molecule has 2 rings (SSSR count). The summed E-state index contributed by atoms with van der Waals surface area (Å²) in [4.78, 5) is 17.9. The number of aryl methyl sites for hydroxylation is 1. The van der Waals surface area contributed by atoms with Gasteiger partial charge in [0.25, 0.3) is 0 Å². The molecule has 0 bridgehead atoms. The summed E-state index contributed by atoms with van der Waals surface area (Å²) in [5.41, 5.74) is 0. The van der Waals surface area contributed by atoms with Crippen molar-refractivity contribution in [1.29, 1.82) is 0 Å². The first kappa shape index (κ1) is 12.7. The first-order valence-electron chi connectivity index (χ1n) is 6.10. The Labute approximate surface area is 107 Å². The van der Waals surface area contributed by atoms with Crippen molar-refractivity contribution in [1.82, 2.24) is 9.80 Å². The average Bonchev–Trinajstić information content (AvgIpc) is 2.82. The highest BCUT2D eigenvalue weighted by molar-refractivity contribution is 7.09. The Balaban J connectivity index is 1.86. The van der Waals surface area contributed by atoms with Gasteiger partial charge in [-0.05, 0) is 32.0 Å². The minimum absolute atomic E-state index is 0.0914. The molecule has 3 nitrogen and oxygen atoms in total. The quantitative estimate of drug-likeness (QED) is 0.811. The van der Waals surface area contributed by atoms with Gasteiger partial charge in [0.15, 0.2) is 5.78 Å². The molecule has 0 N–H and O–H groups in total. The SMILES string of the molecule is CN1CCN(C)C(C(=O)CCc2cccs2)C1. The molecule has 1 aliphatic heterocycles. The maximum absolute atomic E-state index is 12.2. The van der Waals surface area contributed by atoms with Crippen LogP contribution in [0.25, 0.3) is 0 Å². The number of piperazine rings is 1. The van der Waals surface area contributed by atoms with Crippen LogP contribution in [0.4, 0.5) is 0 Å². The molecule has 1 saturated heterocycles. The number of carbonyl (C=O) groups excluding carboxylic acids is 1. The van der Waals surface area contributed by atoms with Crippen LogP contribution in [0.1, 0.15) is 11.3 Å². The van der Waals surface area contributed by atoms with E-state index in [1.165, 1.54) is 4.88 Å². The molecule has 0 amide bonds. The minimum Gasteiger partial charge on any atom is -0.303 e. The van der Waals surface area contributed by atoms with Crippen molar-refractivity contribution in [3.8, 4) is 0 Å². The summed E-state index contributed by atoms with van der Waals surface area (Å²) in [6.45, 7) is 2.93. The molecule has 1 unspecified atom stereocenters. The van der Waals surface area contributed by atoms with Gasteiger partial charge >= 0.3 is 0 Å². The second kappa shape index (κ2) is 5.76. The Bertz CT molecular complexity index is 364. The van der Waals surface area contributed by atoms with Crippen LogP contribution in [-0.4, -0.2) is 55.4 Å². The standard InChI is InChI=1S/C13H20N2OS/c1-14-7-8-15(2)12(10-14)13(16)6-5-11-4-3-9-17-11/h3-4,9,12H,5-8,10H2,1-2H3. The van der Waals surface area contributed by atoms with Gasteiger partial charge in [0, 0.05) is 30.9 Å². The highest BCUT2D eigenvalue weighted by atomic mass is 32.1. The predicted molar refractivity (Wildman–Crippen MR) is 71.6 cm³/mol. The number of hydrogen-bond acceptors (Lipinski definition) is 4. The Morgan fingerprint density at radius 2 is 2.29 bits per heavy atom. The van der Waals surface area contributed by atoms with Crippen molar-refractivity contribution >= 4 is 17.1 Å². The molecule has 0 spiro atoms.